The van der Waals surface area contributed by atoms with E-state index in [1.54, 1.807) is 18.2 Å². The number of amides is 1. The van der Waals surface area contributed by atoms with Crippen molar-refractivity contribution >= 4 is 27.7 Å². The molecule has 0 bridgehead atoms. The minimum atomic E-state index is -3.16. The molecule has 136 valence electrons. The van der Waals surface area contributed by atoms with E-state index in [2.05, 4.69) is 5.32 Å². The van der Waals surface area contributed by atoms with Crippen LogP contribution in [0.1, 0.15) is 31.2 Å². The van der Waals surface area contributed by atoms with Gasteiger partial charge in [-0.1, -0.05) is 12.1 Å². The number of hydrogen-bond donors (Lipinski definition) is 1. The monoisotopic (exact) mass is 364 g/mol. The van der Waals surface area contributed by atoms with Crippen molar-refractivity contribution in [2.75, 3.05) is 29.8 Å². The van der Waals surface area contributed by atoms with Crippen LogP contribution in [0.15, 0.2) is 30.3 Å². The number of nitrogens with one attached hydrogen (secondary N) is 1. The van der Waals surface area contributed by atoms with Crippen LogP contribution >= 0.6 is 0 Å². The maximum atomic E-state index is 11.9. The van der Waals surface area contributed by atoms with E-state index in [0.717, 1.165) is 31.4 Å². The van der Waals surface area contributed by atoms with Crippen LogP contribution in [0.2, 0.25) is 0 Å². The average Bonchev–Trinajstić information content (AvgIpc) is 3.22. The summed E-state index contributed by atoms with van der Waals surface area (Å²) in [6, 6.07) is 7.19. The second-order valence-electron chi connectivity index (χ2n) is 6.38. The topological polar surface area (TPSA) is 75.7 Å². The van der Waals surface area contributed by atoms with Gasteiger partial charge in [-0.15, -0.1) is 0 Å². The SMILES string of the molecule is O=C(/C=C/c1ccc(N2CCCS2(=O)=O)cc1)NCC[C@@H]1CCCO1. The minimum Gasteiger partial charge on any atom is -0.378 e. The maximum Gasteiger partial charge on any atom is 0.244 e. The first kappa shape index (κ1) is 17.9. The number of carbonyl (C=O) groups is 1. The number of benzene rings is 1. The molecule has 0 aromatic heterocycles. The van der Waals surface area contributed by atoms with E-state index in [0.29, 0.717) is 25.2 Å². The van der Waals surface area contributed by atoms with Gasteiger partial charge < -0.3 is 10.1 Å². The molecule has 1 N–H and O–H groups in total. The van der Waals surface area contributed by atoms with Crippen molar-refractivity contribution in [2.24, 2.45) is 0 Å². The summed E-state index contributed by atoms with van der Waals surface area (Å²) < 4.78 is 30.8. The van der Waals surface area contributed by atoms with Crippen LogP contribution in [-0.2, 0) is 19.6 Å². The summed E-state index contributed by atoms with van der Waals surface area (Å²) in [4.78, 5) is 11.8. The molecular weight excluding hydrogens is 340 g/mol. The Balaban J connectivity index is 1.48. The van der Waals surface area contributed by atoms with Gasteiger partial charge in [0.25, 0.3) is 0 Å². The molecule has 2 aliphatic rings. The van der Waals surface area contributed by atoms with Crippen LogP contribution in [0.25, 0.3) is 6.08 Å². The predicted octanol–water partition coefficient (Wildman–Crippen LogP) is 1.93. The first-order chi connectivity index (χ1) is 12.0. The third kappa shape index (κ3) is 4.83. The number of sulfonamides is 1. The molecule has 25 heavy (non-hydrogen) atoms. The lowest BCUT2D eigenvalue weighted by molar-refractivity contribution is -0.116. The molecule has 1 atom stereocenters. The van der Waals surface area contributed by atoms with E-state index >= 15 is 0 Å². The summed E-state index contributed by atoms with van der Waals surface area (Å²) in [7, 11) is -3.16. The molecule has 0 spiro atoms. The van der Waals surface area contributed by atoms with E-state index in [4.69, 9.17) is 4.74 Å². The number of carbonyl (C=O) groups excluding carboxylic acids is 1. The van der Waals surface area contributed by atoms with Crippen molar-refractivity contribution in [1.82, 2.24) is 5.32 Å². The fourth-order valence-electron chi connectivity index (χ4n) is 3.14. The molecule has 7 heteroatoms. The summed E-state index contributed by atoms with van der Waals surface area (Å²) in [6.45, 7) is 1.97. The van der Waals surface area contributed by atoms with Crippen LogP contribution in [0.5, 0.6) is 0 Å². The van der Waals surface area contributed by atoms with Gasteiger partial charge in [0.15, 0.2) is 0 Å². The zero-order chi connectivity index (χ0) is 17.7. The summed E-state index contributed by atoms with van der Waals surface area (Å²) in [5, 5.41) is 2.85. The Bertz CT molecular complexity index is 722. The van der Waals surface area contributed by atoms with Crippen molar-refractivity contribution in [2.45, 2.75) is 31.8 Å². The van der Waals surface area contributed by atoms with Gasteiger partial charge in [-0.2, -0.15) is 0 Å². The Morgan fingerprint density at radius 3 is 2.72 bits per heavy atom. The normalized spacial score (nSPS) is 22.6. The number of nitrogens with zero attached hydrogens (tertiary/aromatic N) is 1. The molecular formula is C18H24N2O4S. The third-order valence-corrected chi connectivity index (χ3v) is 6.37. The van der Waals surface area contributed by atoms with Crippen molar-refractivity contribution in [1.29, 1.82) is 0 Å². The van der Waals surface area contributed by atoms with Gasteiger partial charge in [0, 0.05) is 25.8 Å². The van der Waals surface area contributed by atoms with E-state index in [-0.39, 0.29) is 17.8 Å². The Hall–Kier alpha value is -1.86. The fourth-order valence-corrected chi connectivity index (χ4v) is 4.70. The minimum absolute atomic E-state index is 0.135. The maximum absolute atomic E-state index is 11.9. The molecule has 2 heterocycles. The van der Waals surface area contributed by atoms with Gasteiger partial charge in [0.2, 0.25) is 15.9 Å². The van der Waals surface area contributed by atoms with Crippen LogP contribution in [0, 0.1) is 0 Å². The highest BCUT2D eigenvalue weighted by Gasteiger charge is 2.28. The number of anilines is 1. The molecule has 0 saturated carbocycles. The highest BCUT2D eigenvalue weighted by molar-refractivity contribution is 7.93. The molecule has 1 aromatic rings. The Kier molecular flexibility index (Phi) is 5.75. The molecule has 0 unspecified atom stereocenters. The second kappa shape index (κ2) is 8.01. The van der Waals surface area contributed by atoms with Crippen molar-refractivity contribution in [3.63, 3.8) is 0 Å². The first-order valence-electron chi connectivity index (χ1n) is 8.73. The van der Waals surface area contributed by atoms with Gasteiger partial charge >= 0.3 is 0 Å². The average molecular weight is 364 g/mol. The van der Waals surface area contributed by atoms with E-state index < -0.39 is 10.0 Å². The number of rotatable bonds is 6. The zero-order valence-corrected chi connectivity index (χ0v) is 15.0. The fraction of sp³-hybridized carbons (Fsp3) is 0.500. The van der Waals surface area contributed by atoms with Crippen molar-refractivity contribution < 1.29 is 17.9 Å². The summed E-state index contributed by atoms with van der Waals surface area (Å²) in [6.07, 6.45) is 7.19. The van der Waals surface area contributed by atoms with Crippen molar-refractivity contribution in [3.05, 3.63) is 35.9 Å². The van der Waals surface area contributed by atoms with E-state index in [1.807, 2.05) is 12.1 Å². The van der Waals surface area contributed by atoms with E-state index in [1.165, 1.54) is 10.4 Å². The molecule has 3 rings (SSSR count). The molecule has 0 radical (unpaired) electrons. The smallest absolute Gasteiger partial charge is 0.244 e. The standard InChI is InChI=1S/C18H24N2O4S/c21-18(19-11-10-17-3-1-13-24-17)9-6-15-4-7-16(8-5-15)20-12-2-14-25(20,22)23/h4-9,17H,1-3,10-14H2,(H,19,21)/b9-6+/t17-/m0/s1. The van der Waals surface area contributed by atoms with Gasteiger partial charge in [0.05, 0.1) is 17.5 Å². The summed E-state index contributed by atoms with van der Waals surface area (Å²) in [5.74, 6) is 0.0740. The Morgan fingerprint density at radius 1 is 1.28 bits per heavy atom. The lowest BCUT2D eigenvalue weighted by atomic mass is 10.2. The lowest BCUT2D eigenvalue weighted by Gasteiger charge is -2.16. The molecule has 2 saturated heterocycles. The Labute approximate surface area is 148 Å². The summed E-state index contributed by atoms with van der Waals surface area (Å²) >= 11 is 0. The number of hydrogen-bond acceptors (Lipinski definition) is 4. The van der Waals surface area contributed by atoms with Crippen LogP contribution in [-0.4, -0.2) is 45.9 Å². The molecule has 2 fully saturated rings. The van der Waals surface area contributed by atoms with Crippen LogP contribution < -0.4 is 9.62 Å². The highest BCUT2D eigenvalue weighted by atomic mass is 32.2. The molecule has 1 aromatic carbocycles. The second-order valence-corrected chi connectivity index (χ2v) is 8.39. The zero-order valence-electron chi connectivity index (χ0n) is 14.2. The van der Waals surface area contributed by atoms with E-state index in [9.17, 15) is 13.2 Å². The highest BCUT2D eigenvalue weighted by Crippen LogP contribution is 2.24. The third-order valence-electron chi connectivity index (χ3n) is 4.50. The lowest BCUT2D eigenvalue weighted by Crippen LogP contribution is -2.25. The Morgan fingerprint density at radius 2 is 2.08 bits per heavy atom. The molecule has 6 nitrogen and oxygen atoms in total. The molecule has 0 aliphatic carbocycles. The predicted molar refractivity (Wildman–Crippen MR) is 97.8 cm³/mol. The van der Waals surface area contributed by atoms with Gasteiger partial charge in [0.1, 0.15) is 0 Å². The summed E-state index contributed by atoms with van der Waals surface area (Å²) in [5.41, 5.74) is 1.53. The molecule has 2 aliphatic heterocycles. The van der Waals surface area contributed by atoms with Gasteiger partial charge in [-0.25, -0.2) is 8.42 Å². The molecule has 1 amide bonds. The van der Waals surface area contributed by atoms with Crippen LogP contribution in [0.4, 0.5) is 5.69 Å². The van der Waals surface area contributed by atoms with Crippen molar-refractivity contribution in [3.8, 4) is 0 Å². The quantitative estimate of drug-likeness (QED) is 0.783. The largest absolute Gasteiger partial charge is 0.378 e. The number of ether oxygens (including phenoxy) is 1. The van der Waals surface area contributed by atoms with Gasteiger partial charge in [-0.3, -0.25) is 9.10 Å². The first-order valence-corrected chi connectivity index (χ1v) is 10.3. The van der Waals surface area contributed by atoms with Gasteiger partial charge in [-0.05, 0) is 49.5 Å². The van der Waals surface area contributed by atoms with Crippen LogP contribution in [0.3, 0.4) is 0 Å².